The molecule has 1 fully saturated rings. The van der Waals surface area contributed by atoms with E-state index >= 15 is 0 Å². The van der Waals surface area contributed by atoms with Gasteiger partial charge in [-0.05, 0) is 105 Å². The summed E-state index contributed by atoms with van der Waals surface area (Å²) in [6.45, 7) is 6.06. The van der Waals surface area contributed by atoms with Crippen LogP contribution in [-0.4, -0.2) is 14.7 Å². The SMILES string of the molecule is Cc1ccccc1Oc1ccc(N2C(=S)NC(c3ccccn3)C2c2cc(C)n(-c3ccccc3F)c2C)cc1. The quantitative estimate of drug-likeness (QED) is 0.219. The van der Waals surface area contributed by atoms with Gasteiger partial charge in [-0.3, -0.25) is 4.98 Å². The molecule has 7 heteroatoms. The third kappa shape index (κ3) is 4.62. The second kappa shape index (κ2) is 10.6. The molecule has 1 aliphatic rings. The largest absolute Gasteiger partial charge is 0.457 e. The van der Waals surface area contributed by atoms with Crippen LogP contribution in [-0.2, 0) is 0 Å². The maximum Gasteiger partial charge on any atom is 0.174 e. The van der Waals surface area contributed by atoms with Gasteiger partial charge in [0, 0.05) is 23.3 Å². The summed E-state index contributed by atoms with van der Waals surface area (Å²) in [4.78, 5) is 6.79. The van der Waals surface area contributed by atoms with Crippen LogP contribution in [0.3, 0.4) is 0 Å². The predicted molar refractivity (Wildman–Crippen MR) is 161 cm³/mol. The number of pyridine rings is 1. The van der Waals surface area contributed by atoms with Crippen molar-refractivity contribution in [3.8, 4) is 17.2 Å². The number of ether oxygens (including phenoxy) is 1. The minimum absolute atomic E-state index is 0.203. The summed E-state index contributed by atoms with van der Waals surface area (Å²) < 4.78 is 23.0. The van der Waals surface area contributed by atoms with Gasteiger partial charge in [0.2, 0.25) is 0 Å². The Bertz CT molecular complexity index is 1680. The minimum Gasteiger partial charge on any atom is -0.457 e. The lowest BCUT2D eigenvalue weighted by molar-refractivity contribution is 0.479. The van der Waals surface area contributed by atoms with Gasteiger partial charge in [-0.2, -0.15) is 0 Å². The van der Waals surface area contributed by atoms with Crippen LogP contribution >= 0.6 is 12.2 Å². The lowest BCUT2D eigenvalue weighted by atomic mass is 9.96. The molecular weight excluding hydrogens is 519 g/mol. The number of benzene rings is 3. The number of nitrogens with zero attached hydrogens (tertiary/aromatic N) is 3. The molecule has 6 rings (SSSR count). The Labute approximate surface area is 238 Å². The number of rotatable bonds is 6. The number of anilines is 1. The smallest absolute Gasteiger partial charge is 0.174 e. The zero-order chi connectivity index (χ0) is 27.8. The maximum atomic E-state index is 14.9. The maximum absolute atomic E-state index is 14.9. The number of para-hydroxylation sites is 2. The Morgan fingerprint density at radius 2 is 1.60 bits per heavy atom. The molecule has 2 aromatic heterocycles. The van der Waals surface area contributed by atoms with Gasteiger partial charge in [-0.1, -0.05) is 36.4 Å². The lowest BCUT2D eigenvalue weighted by Gasteiger charge is -2.28. The highest BCUT2D eigenvalue weighted by atomic mass is 32.1. The fraction of sp³-hybridized carbons (Fsp3) is 0.152. The highest BCUT2D eigenvalue weighted by Gasteiger charge is 2.42. The van der Waals surface area contributed by atoms with Gasteiger partial charge in [0.15, 0.2) is 5.11 Å². The summed E-state index contributed by atoms with van der Waals surface area (Å²) >= 11 is 5.92. The minimum atomic E-state index is -0.265. The topological polar surface area (TPSA) is 42.3 Å². The van der Waals surface area contributed by atoms with Gasteiger partial charge >= 0.3 is 0 Å². The predicted octanol–water partition coefficient (Wildman–Crippen LogP) is 7.91. The fourth-order valence-corrected chi connectivity index (χ4v) is 5.86. The molecule has 0 aliphatic carbocycles. The van der Waals surface area contributed by atoms with E-state index in [4.69, 9.17) is 17.0 Å². The average molecular weight is 549 g/mol. The summed E-state index contributed by atoms with van der Waals surface area (Å²) in [6.07, 6.45) is 1.79. The standard InChI is InChI=1S/C33H29FN4OS/c1-21-10-4-7-14-30(21)39-25-17-15-24(16-18-25)38-32(31(36-33(38)40)28-12-8-9-19-35-28)26-20-22(2)37(23(26)3)29-13-6-5-11-27(29)34/h4-20,31-32H,1-3H3,(H,36,40). The molecule has 0 bridgehead atoms. The average Bonchev–Trinajstić information content (AvgIpc) is 3.46. The molecule has 2 atom stereocenters. The molecule has 1 N–H and O–H groups in total. The van der Waals surface area contributed by atoms with Crippen LogP contribution in [0.5, 0.6) is 11.5 Å². The van der Waals surface area contributed by atoms with Gasteiger partial charge < -0.3 is 19.5 Å². The van der Waals surface area contributed by atoms with Crippen molar-refractivity contribution >= 4 is 23.0 Å². The van der Waals surface area contributed by atoms with Crippen molar-refractivity contribution in [1.82, 2.24) is 14.9 Å². The highest BCUT2D eigenvalue weighted by molar-refractivity contribution is 7.80. The zero-order valence-electron chi connectivity index (χ0n) is 22.5. The molecule has 1 saturated heterocycles. The molecule has 0 amide bonds. The summed E-state index contributed by atoms with van der Waals surface area (Å²) in [5.41, 5.74) is 6.34. The van der Waals surface area contributed by atoms with Gasteiger partial charge in [0.25, 0.3) is 0 Å². The van der Waals surface area contributed by atoms with Crippen molar-refractivity contribution in [3.63, 3.8) is 0 Å². The van der Waals surface area contributed by atoms with Crippen LogP contribution in [0.2, 0.25) is 0 Å². The molecule has 2 unspecified atom stereocenters. The lowest BCUT2D eigenvalue weighted by Crippen LogP contribution is -2.29. The Morgan fingerprint density at radius 3 is 2.33 bits per heavy atom. The Kier molecular flexibility index (Phi) is 6.82. The van der Waals surface area contributed by atoms with E-state index in [-0.39, 0.29) is 17.9 Å². The van der Waals surface area contributed by atoms with Crippen molar-refractivity contribution in [3.05, 3.63) is 137 Å². The van der Waals surface area contributed by atoms with Crippen LogP contribution in [0, 0.1) is 26.6 Å². The van der Waals surface area contributed by atoms with E-state index in [0.717, 1.165) is 45.4 Å². The normalized spacial score (nSPS) is 16.7. The Balaban J connectivity index is 1.42. The number of aromatic nitrogens is 2. The van der Waals surface area contributed by atoms with E-state index < -0.39 is 0 Å². The second-order valence-electron chi connectivity index (χ2n) is 9.97. The summed E-state index contributed by atoms with van der Waals surface area (Å²) in [7, 11) is 0. The number of hydrogen-bond acceptors (Lipinski definition) is 3. The number of aryl methyl sites for hydroxylation is 2. The first-order valence-corrected chi connectivity index (χ1v) is 13.6. The number of hydrogen-bond donors (Lipinski definition) is 1. The summed E-state index contributed by atoms with van der Waals surface area (Å²) in [5, 5.41) is 4.12. The Morgan fingerprint density at radius 1 is 0.875 bits per heavy atom. The highest BCUT2D eigenvalue weighted by Crippen LogP contribution is 2.44. The molecule has 200 valence electrons. The van der Waals surface area contributed by atoms with Gasteiger partial charge in [-0.15, -0.1) is 0 Å². The zero-order valence-corrected chi connectivity index (χ0v) is 23.3. The van der Waals surface area contributed by atoms with Crippen molar-refractivity contribution < 1.29 is 9.13 Å². The second-order valence-corrected chi connectivity index (χ2v) is 10.4. The molecule has 5 aromatic rings. The molecule has 40 heavy (non-hydrogen) atoms. The molecule has 3 aromatic carbocycles. The van der Waals surface area contributed by atoms with Crippen LogP contribution in [0.1, 0.15) is 40.3 Å². The van der Waals surface area contributed by atoms with Crippen LogP contribution < -0.4 is 15.0 Å². The van der Waals surface area contributed by atoms with Gasteiger partial charge in [0.1, 0.15) is 17.3 Å². The molecule has 1 aliphatic heterocycles. The number of nitrogens with one attached hydrogen (secondary N) is 1. The van der Waals surface area contributed by atoms with Crippen molar-refractivity contribution in [2.75, 3.05) is 4.90 Å². The van der Waals surface area contributed by atoms with Crippen LogP contribution in [0.25, 0.3) is 5.69 Å². The third-order valence-corrected chi connectivity index (χ3v) is 7.73. The van der Waals surface area contributed by atoms with Gasteiger partial charge in [-0.25, -0.2) is 4.39 Å². The number of thiocarbonyl (C=S) groups is 1. The number of halogens is 1. The first-order valence-electron chi connectivity index (χ1n) is 13.2. The Hall–Kier alpha value is -4.49. The molecule has 0 spiro atoms. The van der Waals surface area contributed by atoms with E-state index in [0.29, 0.717) is 10.8 Å². The van der Waals surface area contributed by atoms with Crippen LogP contribution in [0.15, 0.2) is 103 Å². The first kappa shape index (κ1) is 25.8. The molecule has 5 nitrogen and oxygen atoms in total. The van der Waals surface area contributed by atoms with E-state index in [1.54, 1.807) is 18.3 Å². The van der Waals surface area contributed by atoms with E-state index in [1.165, 1.54) is 6.07 Å². The van der Waals surface area contributed by atoms with Crippen molar-refractivity contribution in [2.24, 2.45) is 0 Å². The van der Waals surface area contributed by atoms with Crippen LogP contribution in [0.4, 0.5) is 10.1 Å². The molecule has 0 saturated carbocycles. The molecule has 0 radical (unpaired) electrons. The summed E-state index contributed by atoms with van der Waals surface area (Å²) in [5.74, 6) is 1.30. The van der Waals surface area contributed by atoms with E-state index in [1.807, 2.05) is 98.1 Å². The molecular formula is C33H29FN4OS. The monoisotopic (exact) mass is 548 g/mol. The van der Waals surface area contributed by atoms with Gasteiger partial charge in [0.05, 0.1) is 23.5 Å². The first-order chi connectivity index (χ1) is 19.4. The van der Waals surface area contributed by atoms with Crippen molar-refractivity contribution in [1.29, 1.82) is 0 Å². The fourth-order valence-electron chi connectivity index (χ4n) is 5.51. The van der Waals surface area contributed by atoms with E-state index in [2.05, 4.69) is 21.3 Å². The summed E-state index contributed by atoms with van der Waals surface area (Å²) in [6, 6.07) is 30.3. The van der Waals surface area contributed by atoms with E-state index in [9.17, 15) is 4.39 Å². The molecule has 3 heterocycles. The van der Waals surface area contributed by atoms with Crippen molar-refractivity contribution in [2.45, 2.75) is 32.9 Å². The third-order valence-electron chi connectivity index (χ3n) is 7.42.